The number of piperidine rings is 1. The number of hydrogen-bond acceptors (Lipinski definition) is 7. The lowest BCUT2D eigenvalue weighted by Crippen LogP contribution is -2.44. The molecule has 1 saturated heterocycles. The topological polar surface area (TPSA) is 111 Å². The van der Waals surface area contributed by atoms with Crippen LogP contribution in [0.15, 0.2) is 36.0 Å². The predicted molar refractivity (Wildman–Crippen MR) is 124 cm³/mol. The third-order valence-electron chi connectivity index (χ3n) is 5.50. The monoisotopic (exact) mass is 458 g/mol. The number of aliphatic hydroxyl groups is 1. The Balaban J connectivity index is 1.44. The van der Waals surface area contributed by atoms with E-state index in [1.54, 1.807) is 4.90 Å². The highest BCUT2D eigenvalue weighted by Crippen LogP contribution is 2.20. The highest BCUT2D eigenvalue weighted by molar-refractivity contribution is 6.17. The molecule has 1 aromatic rings. The summed E-state index contributed by atoms with van der Waals surface area (Å²) in [5.74, 6) is -0.482. The molecule has 2 aliphatic heterocycles. The van der Waals surface area contributed by atoms with Crippen LogP contribution in [0.4, 0.5) is 10.5 Å². The first-order valence-electron chi connectivity index (χ1n) is 11.4. The molecule has 180 valence electrons. The van der Waals surface area contributed by atoms with Gasteiger partial charge in [0.05, 0.1) is 13.2 Å². The summed E-state index contributed by atoms with van der Waals surface area (Å²) in [6.07, 6.45) is 3.05. The van der Waals surface area contributed by atoms with Gasteiger partial charge in [0.15, 0.2) is 0 Å². The van der Waals surface area contributed by atoms with Crippen molar-refractivity contribution >= 4 is 23.6 Å². The molecule has 1 fully saturated rings. The molecule has 9 heteroatoms. The van der Waals surface area contributed by atoms with Crippen molar-refractivity contribution in [2.24, 2.45) is 5.92 Å². The summed E-state index contributed by atoms with van der Waals surface area (Å²) in [5, 5.41) is 15.4. The number of benzene rings is 1. The Labute approximate surface area is 194 Å². The molecule has 1 aromatic carbocycles. The first-order chi connectivity index (χ1) is 15.7. The molecule has 2 aliphatic rings. The first kappa shape index (κ1) is 24.7. The molecule has 0 aromatic heterocycles. The molecule has 0 spiro atoms. The number of carbonyl (C=O) groups is 3. The fraction of sp³-hybridized carbons (Fsp3) is 0.542. The second kappa shape index (κ2) is 10.8. The van der Waals surface area contributed by atoms with E-state index in [1.807, 2.05) is 45.0 Å². The summed E-state index contributed by atoms with van der Waals surface area (Å²) in [4.78, 5) is 39.2. The third-order valence-corrected chi connectivity index (χ3v) is 5.50. The summed E-state index contributed by atoms with van der Waals surface area (Å²) < 4.78 is 5.49. The van der Waals surface area contributed by atoms with Crippen LogP contribution in [-0.4, -0.2) is 71.2 Å². The lowest BCUT2D eigenvalue weighted by Gasteiger charge is -2.34. The van der Waals surface area contributed by atoms with Gasteiger partial charge in [-0.05, 0) is 63.8 Å². The average molecular weight is 459 g/mol. The number of rotatable bonds is 8. The van der Waals surface area contributed by atoms with Crippen molar-refractivity contribution in [1.82, 2.24) is 15.1 Å². The van der Waals surface area contributed by atoms with E-state index in [-0.39, 0.29) is 24.9 Å². The lowest BCUT2D eigenvalue weighted by molar-refractivity contribution is -0.137. The Hall–Kier alpha value is -2.91. The smallest absolute Gasteiger partial charge is 0.410 e. The number of anilines is 1. The zero-order valence-electron chi connectivity index (χ0n) is 19.6. The summed E-state index contributed by atoms with van der Waals surface area (Å²) >= 11 is 0. The summed E-state index contributed by atoms with van der Waals surface area (Å²) in [5.41, 5.74) is 1.51. The molecule has 3 rings (SSSR count). The largest absolute Gasteiger partial charge is 0.444 e. The van der Waals surface area contributed by atoms with E-state index in [1.165, 1.54) is 6.08 Å². The Morgan fingerprint density at radius 1 is 1.21 bits per heavy atom. The van der Waals surface area contributed by atoms with Crippen molar-refractivity contribution in [3.8, 4) is 0 Å². The highest BCUT2D eigenvalue weighted by atomic mass is 16.6. The summed E-state index contributed by atoms with van der Waals surface area (Å²) in [6.45, 7) is 8.29. The van der Waals surface area contributed by atoms with E-state index in [0.717, 1.165) is 36.4 Å². The van der Waals surface area contributed by atoms with Gasteiger partial charge in [0, 0.05) is 31.4 Å². The number of amides is 3. The van der Waals surface area contributed by atoms with Crippen LogP contribution in [0.2, 0.25) is 0 Å². The molecular weight excluding hydrogens is 424 g/mol. The van der Waals surface area contributed by atoms with E-state index < -0.39 is 17.4 Å². The van der Waals surface area contributed by atoms with Gasteiger partial charge in [-0.1, -0.05) is 12.1 Å². The quantitative estimate of drug-likeness (QED) is 0.512. The first-order valence-corrected chi connectivity index (χ1v) is 11.4. The van der Waals surface area contributed by atoms with Gasteiger partial charge in [0.2, 0.25) is 0 Å². The Morgan fingerprint density at radius 2 is 1.94 bits per heavy atom. The zero-order chi connectivity index (χ0) is 24.0. The maximum absolute atomic E-state index is 12.3. The van der Waals surface area contributed by atoms with E-state index in [4.69, 9.17) is 9.84 Å². The van der Waals surface area contributed by atoms with Gasteiger partial charge in [0.1, 0.15) is 11.3 Å². The molecule has 0 aliphatic carbocycles. The molecule has 33 heavy (non-hydrogen) atoms. The number of aliphatic hydroxyl groups excluding tert-OH is 1. The van der Waals surface area contributed by atoms with Crippen LogP contribution >= 0.6 is 0 Å². The average Bonchev–Trinajstić information content (AvgIpc) is 3.02. The van der Waals surface area contributed by atoms with Crippen LogP contribution in [0.1, 0.15) is 39.2 Å². The standard InChI is InChI=1S/C24H34N4O5/c1-24(2,3)33-23(32)27-10-4-5-18(16-27)15-25-14-17-6-8-19(9-7-17)26-20-13-21(30)28(11-12-29)22(20)31/h6-9,13,18,25-26,29H,4-5,10-12,14-16H2,1-3H3. The lowest BCUT2D eigenvalue weighted by atomic mass is 9.98. The minimum absolute atomic E-state index is 0.0134. The number of ether oxygens (including phenoxy) is 1. The van der Waals surface area contributed by atoms with Crippen LogP contribution in [0.25, 0.3) is 0 Å². The normalized spacial score (nSPS) is 19.0. The van der Waals surface area contributed by atoms with Gasteiger partial charge < -0.3 is 25.4 Å². The minimum atomic E-state index is -0.487. The second-order valence-corrected chi connectivity index (χ2v) is 9.46. The molecule has 3 amide bonds. The van der Waals surface area contributed by atoms with Crippen LogP contribution < -0.4 is 10.6 Å². The number of imide groups is 1. The van der Waals surface area contributed by atoms with E-state index in [2.05, 4.69) is 10.6 Å². The number of β-amino-alcohol motifs (C(OH)–C–C–N with tert-alkyl or cyclic N) is 1. The molecule has 3 N–H and O–H groups in total. The summed E-state index contributed by atoms with van der Waals surface area (Å²) in [7, 11) is 0. The van der Waals surface area contributed by atoms with Crippen molar-refractivity contribution in [1.29, 1.82) is 0 Å². The number of nitrogens with one attached hydrogen (secondary N) is 2. The van der Waals surface area contributed by atoms with Crippen LogP contribution in [-0.2, 0) is 20.9 Å². The van der Waals surface area contributed by atoms with Crippen molar-refractivity contribution in [3.05, 3.63) is 41.6 Å². The predicted octanol–water partition coefficient (Wildman–Crippen LogP) is 2.08. The number of likely N-dealkylation sites (tertiary alicyclic amines) is 1. The highest BCUT2D eigenvalue weighted by Gasteiger charge is 2.30. The molecule has 0 bridgehead atoms. The third kappa shape index (κ3) is 7.03. The second-order valence-electron chi connectivity index (χ2n) is 9.46. The fourth-order valence-corrected chi connectivity index (χ4v) is 3.92. The molecular formula is C24H34N4O5. The van der Waals surface area contributed by atoms with Crippen LogP contribution in [0.5, 0.6) is 0 Å². The Morgan fingerprint density at radius 3 is 2.61 bits per heavy atom. The summed E-state index contributed by atoms with van der Waals surface area (Å²) in [6, 6.07) is 7.62. The number of hydrogen-bond donors (Lipinski definition) is 3. The SMILES string of the molecule is CC(C)(C)OC(=O)N1CCCC(CNCc2ccc(NC3=CC(=O)N(CCO)C3=O)cc2)C1. The Bertz CT molecular complexity index is 891. The van der Waals surface area contributed by atoms with Crippen LogP contribution in [0, 0.1) is 5.92 Å². The molecule has 1 atom stereocenters. The minimum Gasteiger partial charge on any atom is -0.444 e. The van der Waals surface area contributed by atoms with Gasteiger partial charge in [0.25, 0.3) is 11.8 Å². The van der Waals surface area contributed by atoms with Gasteiger partial charge in [-0.3, -0.25) is 14.5 Å². The van der Waals surface area contributed by atoms with E-state index >= 15 is 0 Å². The van der Waals surface area contributed by atoms with Crippen molar-refractivity contribution < 1.29 is 24.2 Å². The van der Waals surface area contributed by atoms with Crippen LogP contribution in [0.3, 0.4) is 0 Å². The molecule has 0 radical (unpaired) electrons. The van der Waals surface area contributed by atoms with Crippen molar-refractivity contribution in [2.75, 3.05) is 38.1 Å². The van der Waals surface area contributed by atoms with Gasteiger partial charge >= 0.3 is 6.09 Å². The molecule has 0 saturated carbocycles. The van der Waals surface area contributed by atoms with Gasteiger partial charge in [-0.15, -0.1) is 0 Å². The maximum atomic E-state index is 12.3. The van der Waals surface area contributed by atoms with Crippen molar-refractivity contribution in [2.45, 2.75) is 45.8 Å². The fourth-order valence-electron chi connectivity index (χ4n) is 3.92. The molecule has 1 unspecified atom stereocenters. The van der Waals surface area contributed by atoms with E-state index in [9.17, 15) is 14.4 Å². The van der Waals surface area contributed by atoms with Gasteiger partial charge in [-0.25, -0.2) is 4.79 Å². The van der Waals surface area contributed by atoms with E-state index in [0.29, 0.717) is 24.7 Å². The maximum Gasteiger partial charge on any atom is 0.410 e. The van der Waals surface area contributed by atoms with Crippen molar-refractivity contribution in [3.63, 3.8) is 0 Å². The van der Waals surface area contributed by atoms with Gasteiger partial charge in [-0.2, -0.15) is 0 Å². The number of carbonyl (C=O) groups excluding carboxylic acids is 3. The molecule has 9 nitrogen and oxygen atoms in total. The zero-order valence-corrected chi connectivity index (χ0v) is 19.6. The molecule has 2 heterocycles. The Kier molecular flexibility index (Phi) is 8.10. The number of nitrogens with zero attached hydrogens (tertiary/aromatic N) is 2.